The normalized spacial score (nSPS) is 9.91. The number of nitrogens with one attached hydrogen (secondary N) is 1. The Bertz CT molecular complexity index is 258. The maximum atomic E-state index is 11.1. The molecule has 1 aromatic rings. The molecule has 4 nitrogen and oxygen atoms in total. The number of imidazole rings is 1. The smallest absolute Gasteiger partial charge is 0.239 e. The summed E-state index contributed by atoms with van der Waals surface area (Å²) >= 11 is 1.21. The van der Waals surface area contributed by atoms with Crippen LogP contribution in [0.2, 0.25) is 0 Å². The van der Waals surface area contributed by atoms with Gasteiger partial charge in [0.1, 0.15) is 5.69 Å². The van der Waals surface area contributed by atoms with Gasteiger partial charge in [-0.25, -0.2) is 4.98 Å². The van der Waals surface area contributed by atoms with Crippen molar-refractivity contribution in [2.45, 2.75) is 6.92 Å². The first-order chi connectivity index (χ1) is 5.25. The summed E-state index contributed by atoms with van der Waals surface area (Å²) in [5.41, 5.74) is 5.80. The minimum atomic E-state index is -0.0532. The second-order valence-corrected chi connectivity index (χ2v) is 3.12. The topological polar surface area (TPSA) is 71.8 Å². The lowest BCUT2D eigenvalue weighted by Gasteiger charge is -1.93. The molecule has 0 aliphatic rings. The van der Waals surface area contributed by atoms with Crippen molar-refractivity contribution in [2.24, 2.45) is 0 Å². The first kappa shape index (κ1) is 8.13. The molecule has 0 amide bonds. The largest absolute Gasteiger partial charge is 0.382 e. The molecule has 0 atom stereocenters. The third kappa shape index (κ3) is 1.74. The highest BCUT2D eigenvalue weighted by atomic mass is 32.2. The molecule has 1 aromatic heterocycles. The number of thioether (sulfide) groups is 1. The molecule has 1 rings (SSSR count). The van der Waals surface area contributed by atoms with Gasteiger partial charge >= 0.3 is 0 Å². The zero-order valence-corrected chi connectivity index (χ0v) is 6.94. The van der Waals surface area contributed by atoms with Crippen LogP contribution in [0.5, 0.6) is 0 Å². The van der Waals surface area contributed by atoms with Gasteiger partial charge in [-0.15, -0.1) is 0 Å². The maximum Gasteiger partial charge on any atom is 0.239 e. The number of aromatic amines is 1. The number of nitrogen functional groups attached to an aromatic ring is 1. The molecule has 0 unspecified atom stereocenters. The summed E-state index contributed by atoms with van der Waals surface area (Å²) in [6, 6.07) is 0. The van der Waals surface area contributed by atoms with Crippen LogP contribution in [0.25, 0.3) is 0 Å². The van der Waals surface area contributed by atoms with E-state index in [4.69, 9.17) is 5.73 Å². The fourth-order valence-corrected chi connectivity index (χ4v) is 1.24. The van der Waals surface area contributed by atoms with Crippen molar-refractivity contribution in [3.63, 3.8) is 0 Å². The van der Waals surface area contributed by atoms with Crippen LogP contribution in [-0.4, -0.2) is 20.8 Å². The maximum absolute atomic E-state index is 11.1. The number of nitrogens with two attached hydrogens (primary N) is 1. The molecule has 0 aromatic carbocycles. The number of aromatic nitrogens is 2. The van der Waals surface area contributed by atoms with Gasteiger partial charge in [-0.3, -0.25) is 4.79 Å². The van der Waals surface area contributed by atoms with Crippen LogP contribution in [0.4, 0.5) is 5.82 Å². The number of carbonyl (C=O) groups excluding carboxylic acids is 1. The Kier molecular flexibility index (Phi) is 2.53. The van der Waals surface area contributed by atoms with Crippen LogP contribution in [0.1, 0.15) is 17.4 Å². The van der Waals surface area contributed by atoms with Crippen LogP contribution >= 0.6 is 11.8 Å². The lowest BCUT2D eigenvalue weighted by molar-refractivity contribution is 0.108. The number of hydrogen-bond acceptors (Lipinski definition) is 4. The van der Waals surface area contributed by atoms with Crippen LogP contribution in [0.15, 0.2) is 6.33 Å². The molecule has 0 spiro atoms. The highest BCUT2D eigenvalue weighted by molar-refractivity contribution is 8.14. The Balaban J connectivity index is 2.76. The van der Waals surface area contributed by atoms with Gasteiger partial charge in [-0.05, 0) is 5.75 Å². The fraction of sp³-hybridized carbons (Fsp3) is 0.333. The molecule has 5 heteroatoms. The third-order valence-corrected chi connectivity index (χ3v) is 1.90. The van der Waals surface area contributed by atoms with E-state index in [-0.39, 0.29) is 10.9 Å². The van der Waals surface area contributed by atoms with Crippen molar-refractivity contribution in [3.05, 3.63) is 12.0 Å². The SMILES string of the molecule is CCSC(=O)c1[nH]cnc1N. The van der Waals surface area contributed by atoms with Crippen molar-refractivity contribution in [1.29, 1.82) is 0 Å². The van der Waals surface area contributed by atoms with Crippen molar-refractivity contribution in [2.75, 3.05) is 11.5 Å². The van der Waals surface area contributed by atoms with E-state index in [9.17, 15) is 4.79 Å². The zero-order chi connectivity index (χ0) is 8.27. The highest BCUT2D eigenvalue weighted by Crippen LogP contribution is 2.13. The predicted molar refractivity (Wildman–Crippen MR) is 45.5 cm³/mol. The first-order valence-corrected chi connectivity index (χ1v) is 4.20. The van der Waals surface area contributed by atoms with Crippen molar-refractivity contribution >= 4 is 22.7 Å². The summed E-state index contributed by atoms with van der Waals surface area (Å²) in [6.45, 7) is 1.91. The van der Waals surface area contributed by atoms with E-state index >= 15 is 0 Å². The molecule has 0 fully saturated rings. The van der Waals surface area contributed by atoms with Gasteiger partial charge in [0.05, 0.1) is 6.33 Å². The van der Waals surface area contributed by atoms with Crippen molar-refractivity contribution < 1.29 is 4.79 Å². The summed E-state index contributed by atoms with van der Waals surface area (Å²) in [7, 11) is 0. The molecule has 0 aliphatic heterocycles. The van der Waals surface area contributed by atoms with E-state index in [1.165, 1.54) is 18.1 Å². The van der Waals surface area contributed by atoms with Crippen LogP contribution in [0.3, 0.4) is 0 Å². The van der Waals surface area contributed by atoms with E-state index in [0.717, 1.165) is 5.75 Å². The number of hydrogen-bond donors (Lipinski definition) is 2. The Hall–Kier alpha value is -0.970. The van der Waals surface area contributed by atoms with Gasteiger partial charge < -0.3 is 10.7 Å². The first-order valence-electron chi connectivity index (χ1n) is 3.21. The third-order valence-electron chi connectivity index (χ3n) is 1.15. The molecular formula is C6H9N3OS. The lowest BCUT2D eigenvalue weighted by atomic mass is 10.5. The Labute approximate surface area is 68.6 Å². The van der Waals surface area contributed by atoms with Gasteiger partial charge in [-0.2, -0.15) is 0 Å². The molecule has 60 valence electrons. The summed E-state index contributed by atoms with van der Waals surface area (Å²) in [6.07, 6.45) is 1.42. The molecule has 0 saturated heterocycles. The van der Waals surface area contributed by atoms with Crippen LogP contribution in [-0.2, 0) is 0 Å². The number of rotatable bonds is 2. The highest BCUT2D eigenvalue weighted by Gasteiger charge is 2.10. The summed E-state index contributed by atoms with van der Waals surface area (Å²) in [5, 5.41) is -0.0532. The molecule has 3 N–H and O–H groups in total. The fourth-order valence-electron chi connectivity index (χ4n) is 0.672. The van der Waals surface area contributed by atoms with Gasteiger partial charge in [-0.1, -0.05) is 18.7 Å². The molecule has 11 heavy (non-hydrogen) atoms. The summed E-state index contributed by atoms with van der Waals surface area (Å²) in [5.74, 6) is 1.02. The van der Waals surface area contributed by atoms with Crippen molar-refractivity contribution in [1.82, 2.24) is 9.97 Å². The molecule has 1 heterocycles. The Morgan fingerprint density at radius 1 is 1.91 bits per heavy atom. The van der Waals surface area contributed by atoms with Gasteiger partial charge in [0.25, 0.3) is 0 Å². The minimum Gasteiger partial charge on any atom is -0.382 e. The van der Waals surface area contributed by atoms with Crippen LogP contribution < -0.4 is 5.73 Å². The number of nitrogens with zero attached hydrogens (tertiary/aromatic N) is 1. The van der Waals surface area contributed by atoms with Crippen LogP contribution in [0, 0.1) is 0 Å². The molecule has 0 bridgehead atoms. The Morgan fingerprint density at radius 3 is 3.09 bits per heavy atom. The minimum absolute atomic E-state index is 0.0532. The summed E-state index contributed by atoms with van der Waals surface area (Å²) in [4.78, 5) is 17.5. The standard InChI is InChI=1S/C6H9N3OS/c1-2-11-6(10)4-5(7)9-3-8-4/h3H,2,7H2,1H3,(H,8,9). The number of carbonyl (C=O) groups is 1. The number of anilines is 1. The van der Waals surface area contributed by atoms with E-state index in [0.29, 0.717) is 5.69 Å². The Morgan fingerprint density at radius 2 is 2.64 bits per heavy atom. The van der Waals surface area contributed by atoms with Gasteiger partial charge in [0.15, 0.2) is 5.82 Å². The molecular weight excluding hydrogens is 162 g/mol. The zero-order valence-electron chi connectivity index (χ0n) is 6.13. The van der Waals surface area contributed by atoms with Crippen molar-refractivity contribution in [3.8, 4) is 0 Å². The van der Waals surface area contributed by atoms with E-state index < -0.39 is 0 Å². The van der Waals surface area contributed by atoms with E-state index in [1.807, 2.05) is 6.92 Å². The quantitative estimate of drug-likeness (QED) is 0.693. The second-order valence-electron chi connectivity index (χ2n) is 1.88. The lowest BCUT2D eigenvalue weighted by Crippen LogP contribution is -1.99. The molecule has 0 saturated carbocycles. The average molecular weight is 171 g/mol. The second kappa shape index (κ2) is 3.43. The predicted octanol–water partition coefficient (Wildman–Crippen LogP) is 0.885. The number of H-pyrrole nitrogens is 1. The van der Waals surface area contributed by atoms with Gasteiger partial charge in [0, 0.05) is 0 Å². The van der Waals surface area contributed by atoms with Gasteiger partial charge in [0.2, 0.25) is 5.12 Å². The summed E-state index contributed by atoms with van der Waals surface area (Å²) < 4.78 is 0. The molecule has 0 radical (unpaired) electrons. The average Bonchev–Trinajstić information content (AvgIpc) is 2.36. The molecule has 0 aliphatic carbocycles. The van der Waals surface area contributed by atoms with E-state index in [1.54, 1.807) is 0 Å². The van der Waals surface area contributed by atoms with E-state index in [2.05, 4.69) is 9.97 Å². The monoisotopic (exact) mass is 171 g/mol.